The molecule has 160 valence electrons. The Morgan fingerprint density at radius 3 is 2.19 bits per heavy atom. The monoisotopic (exact) mass is 419 g/mol. The third-order valence-electron chi connectivity index (χ3n) is 4.83. The van der Waals surface area contributed by atoms with Crippen LogP contribution in [0.3, 0.4) is 0 Å². The number of carbonyl (C=O) groups excluding carboxylic acids is 2. The summed E-state index contributed by atoms with van der Waals surface area (Å²) in [4.78, 5) is 26.1. The summed E-state index contributed by atoms with van der Waals surface area (Å²) in [6.07, 6.45) is 0. The van der Waals surface area contributed by atoms with Gasteiger partial charge in [0.15, 0.2) is 0 Å². The zero-order chi connectivity index (χ0) is 22.2. The van der Waals surface area contributed by atoms with Crippen LogP contribution in [0.4, 0.5) is 10.1 Å². The van der Waals surface area contributed by atoms with Crippen LogP contribution in [0, 0.1) is 5.82 Å². The Balaban J connectivity index is 1.47. The average Bonchev–Trinajstić information content (AvgIpc) is 2.74. The first kappa shape index (κ1) is 22.2. The fourth-order valence-corrected chi connectivity index (χ4v) is 3.28. The molecule has 3 rings (SSSR count). The van der Waals surface area contributed by atoms with Gasteiger partial charge in [-0.3, -0.25) is 14.5 Å². The smallest absolute Gasteiger partial charge is 0.238 e. The van der Waals surface area contributed by atoms with Crippen molar-refractivity contribution in [3.8, 4) is 11.1 Å². The molecule has 0 bridgehead atoms. The van der Waals surface area contributed by atoms with Crippen LogP contribution in [-0.2, 0) is 9.59 Å². The Morgan fingerprint density at radius 2 is 1.52 bits per heavy atom. The van der Waals surface area contributed by atoms with Crippen LogP contribution in [-0.4, -0.2) is 36.9 Å². The molecule has 6 heteroatoms. The Labute approximate surface area is 181 Å². The van der Waals surface area contributed by atoms with E-state index in [9.17, 15) is 14.0 Å². The van der Waals surface area contributed by atoms with Gasteiger partial charge in [-0.15, -0.1) is 0 Å². The second kappa shape index (κ2) is 10.5. The Morgan fingerprint density at radius 1 is 0.871 bits per heavy atom. The highest BCUT2D eigenvalue weighted by Gasteiger charge is 2.14. The summed E-state index contributed by atoms with van der Waals surface area (Å²) in [6, 6.07) is 23.7. The van der Waals surface area contributed by atoms with Gasteiger partial charge >= 0.3 is 0 Å². The number of anilines is 1. The molecule has 0 aliphatic rings. The molecule has 3 aromatic rings. The molecule has 2 amide bonds. The van der Waals surface area contributed by atoms with Gasteiger partial charge in [0, 0.05) is 5.69 Å². The Hall–Kier alpha value is -3.51. The third-order valence-corrected chi connectivity index (χ3v) is 4.83. The Bertz CT molecular complexity index is 1020. The molecular weight excluding hydrogens is 393 g/mol. The number of nitrogens with zero attached hydrogens (tertiary/aromatic N) is 1. The quantitative estimate of drug-likeness (QED) is 0.574. The van der Waals surface area contributed by atoms with Gasteiger partial charge in [-0.05, 0) is 48.9 Å². The van der Waals surface area contributed by atoms with E-state index >= 15 is 0 Å². The van der Waals surface area contributed by atoms with Crippen molar-refractivity contribution in [2.45, 2.75) is 13.0 Å². The predicted molar refractivity (Wildman–Crippen MR) is 121 cm³/mol. The SMILES string of the molecule is C[C@H](NC(=O)CN(C)CC(=O)Nc1cccc(F)c1)c1ccc(-c2ccccc2)cc1. The molecule has 0 fully saturated rings. The van der Waals surface area contributed by atoms with Crippen molar-refractivity contribution >= 4 is 17.5 Å². The molecular formula is C25H26FN3O2. The second-order valence-corrected chi connectivity index (χ2v) is 7.51. The summed E-state index contributed by atoms with van der Waals surface area (Å²) in [6.45, 7) is 2.01. The van der Waals surface area contributed by atoms with Crippen LogP contribution in [0.5, 0.6) is 0 Å². The van der Waals surface area contributed by atoms with Crippen LogP contribution in [0.1, 0.15) is 18.5 Å². The molecule has 31 heavy (non-hydrogen) atoms. The normalized spacial score (nSPS) is 11.7. The highest BCUT2D eigenvalue weighted by molar-refractivity contribution is 5.92. The van der Waals surface area contributed by atoms with E-state index in [1.54, 1.807) is 18.0 Å². The molecule has 2 N–H and O–H groups in total. The summed E-state index contributed by atoms with van der Waals surface area (Å²) in [7, 11) is 1.68. The van der Waals surface area contributed by atoms with Gasteiger partial charge < -0.3 is 10.6 Å². The highest BCUT2D eigenvalue weighted by Crippen LogP contribution is 2.21. The standard InChI is InChI=1S/C25H26FN3O2/c1-18(19-11-13-21(14-12-19)20-7-4-3-5-8-20)27-24(30)16-29(2)17-25(31)28-23-10-6-9-22(26)15-23/h3-15,18H,16-17H2,1-2H3,(H,27,30)(H,28,31)/t18-/m0/s1. The molecule has 0 heterocycles. The van der Waals surface area contributed by atoms with Crippen LogP contribution in [0.2, 0.25) is 0 Å². The topological polar surface area (TPSA) is 61.4 Å². The lowest BCUT2D eigenvalue weighted by Gasteiger charge is -2.19. The van der Waals surface area contributed by atoms with Gasteiger partial charge in [0.25, 0.3) is 0 Å². The van der Waals surface area contributed by atoms with Gasteiger partial charge in [0.1, 0.15) is 5.82 Å². The van der Waals surface area contributed by atoms with Crippen molar-refractivity contribution in [3.05, 3.63) is 90.2 Å². The summed E-state index contributed by atoms with van der Waals surface area (Å²) in [5.41, 5.74) is 3.64. The van der Waals surface area contributed by atoms with Crippen molar-refractivity contribution in [3.63, 3.8) is 0 Å². The van der Waals surface area contributed by atoms with Gasteiger partial charge in [-0.25, -0.2) is 4.39 Å². The number of hydrogen-bond donors (Lipinski definition) is 2. The van der Waals surface area contributed by atoms with E-state index in [4.69, 9.17) is 0 Å². The zero-order valence-corrected chi connectivity index (χ0v) is 17.6. The maximum absolute atomic E-state index is 13.2. The van der Waals surface area contributed by atoms with Crippen molar-refractivity contribution in [2.24, 2.45) is 0 Å². The van der Waals surface area contributed by atoms with Gasteiger partial charge in [0.2, 0.25) is 11.8 Å². The predicted octanol–water partition coefficient (Wildman–Crippen LogP) is 4.24. The molecule has 0 radical (unpaired) electrons. The fourth-order valence-electron chi connectivity index (χ4n) is 3.28. The van der Waals surface area contributed by atoms with Crippen molar-refractivity contribution in [2.75, 3.05) is 25.5 Å². The van der Waals surface area contributed by atoms with E-state index in [-0.39, 0.29) is 30.9 Å². The lowest BCUT2D eigenvalue weighted by molar-refractivity contribution is -0.123. The molecule has 0 spiro atoms. The zero-order valence-electron chi connectivity index (χ0n) is 17.6. The number of benzene rings is 3. The first-order valence-corrected chi connectivity index (χ1v) is 10.1. The van der Waals surface area contributed by atoms with Crippen LogP contribution in [0.25, 0.3) is 11.1 Å². The Kier molecular flexibility index (Phi) is 7.51. The number of nitrogens with one attached hydrogen (secondary N) is 2. The minimum Gasteiger partial charge on any atom is -0.348 e. The summed E-state index contributed by atoms with van der Waals surface area (Å²) < 4.78 is 13.2. The first-order chi connectivity index (χ1) is 14.9. The van der Waals surface area contributed by atoms with E-state index in [1.807, 2.05) is 49.4 Å². The number of carbonyl (C=O) groups is 2. The van der Waals surface area contributed by atoms with Crippen molar-refractivity contribution in [1.82, 2.24) is 10.2 Å². The number of likely N-dealkylation sites (N-methyl/N-ethyl adjacent to an activating group) is 1. The molecule has 0 saturated heterocycles. The fraction of sp³-hybridized carbons (Fsp3) is 0.200. The van der Waals surface area contributed by atoms with Crippen molar-refractivity contribution in [1.29, 1.82) is 0 Å². The third kappa shape index (κ3) is 6.76. The van der Waals surface area contributed by atoms with E-state index < -0.39 is 5.82 Å². The molecule has 5 nitrogen and oxygen atoms in total. The average molecular weight is 420 g/mol. The van der Waals surface area contributed by atoms with Gasteiger partial charge in [-0.2, -0.15) is 0 Å². The number of rotatable bonds is 8. The molecule has 0 unspecified atom stereocenters. The minimum atomic E-state index is -0.420. The van der Waals surface area contributed by atoms with Gasteiger partial charge in [-0.1, -0.05) is 60.7 Å². The number of hydrogen-bond acceptors (Lipinski definition) is 3. The second-order valence-electron chi connectivity index (χ2n) is 7.51. The molecule has 0 aromatic heterocycles. The minimum absolute atomic E-state index is 0.0179. The number of amides is 2. The highest BCUT2D eigenvalue weighted by atomic mass is 19.1. The van der Waals surface area contributed by atoms with Crippen molar-refractivity contribution < 1.29 is 14.0 Å². The van der Waals surface area contributed by atoms with Crippen LogP contribution in [0.15, 0.2) is 78.9 Å². The summed E-state index contributed by atoms with van der Waals surface area (Å²) >= 11 is 0. The lowest BCUT2D eigenvalue weighted by Crippen LogP contribution is -2.39. The lowest BCUT2D eigenvalue weighted by atomic mass is 10.0. The number of halogens is 1. The molecule has 0 aliphatic heterocycles. The molecule has 1 atom stereocenters. The molecule has 3 aromatic carbocycles. The summed E-state index contributed by atoms with van der Waals surface area (Å²) in [5, 5.41) is 5.57. The maximum atomic E-state index is 13.2. The molecule has 0 saturated carbocycles. The maximum Gasteiger partial charge on any atom is 0.238 e. The van der Waals surface area contributed by atoms with Crippen LogP contribution < -0.4 is 10.6 Å². The van der Waals surface area contributed by atoms with E-state index in [2.05, 4.69) is 22.8 Å². The van der Waals surface area contributed by atoms with E-state index in [0.29, 0.717) is 5.69 Å². The first-order valence-electron chi connectivity index (χ1n) is 10.1. The summed E-state index contributed by atoms with van der Waals surface area (Å²) in [5.74, 6) is -0.914. The largest absolute Gasteiger partial charge is 0.348 e. The van der Waals surface area contributed by atoms with Crippen LogP contribution >= 0.6 is 0 Å². The molecule has 0 aliphatic carbocycles. The van der Waals surface area contributed by atoms with E-state index in [0.717, 1.165) is 16.7 Å². The van der Waals surface area contributed by atoms with E-state index in [1.165, 1.54) is 18.2 Å². The van der Waals surface area contributed by atoms with Gasteiger partial charge in [0.05, 0.1) is 19.1 Å².